The zero-order valence-corrected chi connectivity index (χ0v) is 19.4. The molecule has 0 radical (unpaired) electrons. The summed E-state index contributed by atoms with van der Waals surface area (Å²) in [6.07, 6.45) is 1.73. The largest absolute Gasteiger partial charge is 0.482 e. The van der Waals surface area contributed by atoms with Crippen LogP contribution in [0.4, 0.5) is 0 Å². The van der Waals surface area contributed by atoms with Crippen molar-refractivity contribution < 1.29 is 24.2 Å². The van der Waals surface area contributed by atoms with Crippen molar-refractivity contribution in [3.8, 4) is 5.75 Å². The Morgan fingerprint density at radius 3 is 2.50 bits per heavy atom. The third kappa shape index (κ3) is 4.69. The Hall–Kier alpha value is -3.98. The first-order valence-electron chi connectivity index (χ1n) is 10.6. The first-order chi connectivity index (χ1) is 16.4. The fourth-order valence-electron chi connectivity index (χ4n) is 3.70. The summed E-state index contributed by atoms with van der Waals surface area (Å²) in [7, 11) is 0. The Morgan fingerprint density at radius 1 is 1.15 bits per heavy atom. The molecule has 0 bridgehead atoms. The number of allylic oxidation sites excluding steroid dienone is 1. The number of carboxylic acid groups (broad SMARTS) is 1. The number of nitrogens with zero attached hydrogens (tertiary/aromatic N) is 2. The summed E-state index contributed by atoms with van der Waals surface area (Å²) in [6.45, 7) is 3.26. The fraction of sp³-hybridized carbons (Fsp3) is 0.200. The molecule has 1 aromatic heterocycles. The smallest absolute Gasteiger partial charge is 0.341 e. The number of aromatic nitrogens is 1. The van der Waals surface area contributed by atoms with Crippen LogP contribution in [-0.4, -0.2) is 34.8 Å². The van der Waals surface area contributed by atoms with Crippen LogP contribution in [0.2, 0.25) is 0 Å². The molecule has 34 heavy (non-hydrogen) atoms. The van der Waals surface area contributed by atoms with Gasteiger partial charge >= 0.3 is 11.9 Å². The number of aliphatic carboxylic acids is 1. The summed E-state index contributed by atoms with van der Waals surface area (Å²) in [5.74, 6) is -1.14. The van der Waals surface area contributed by atoms with Gasteiger partial charge in [0.1, 0.15) is 5.75 Å². The highest BCUT2D eigenvalue weighted by Crippen LogP contribution is 2.30. The second-order valence-electron chi connectivity index (χ2n) is 7.46. The molecule has 8 nitrogen and oxygen atoms in total. The fourth-order valence-corrected chi connectivity index (χ4v) is 4.75. The van der Waals surface area contributed by atoms with Crippen molar-refractivity contribution in [1.82, 2.24) is 4.57 Å². The monoisotopic (exact) mass is 478 g/mol. The van der Waals surface area contributed by atoms with Gasteiger partial charge in [0.15, 0.2) is 11.4 Å². The van der Waals surface area contributed by atoms with Crippen LogP contribution in [-0.2, 0) is 14.3 Å². The van der Waals surface area contributed by atoms with Crippen LogP contribution in [0.1, 0.15) is 31.0 Å². The van der Waals surface area contributed by atoms with Gasteiger partial charge in [0.05, 0.1) is 28.5 Å². The van der Waals surface area contributed by atoms with Crippen LogP contribution in [0.5, 0.6) is 5.75 Å². The zero-order valence-electron chi connectivity index (χ0n) is 18.6. The summed E-state index contributed by atoms with van der Waals surface area (Å²) in [5.41, 5.74) is 2.11. The highest BCUT2D eigenvalue weighted by molar-refractivity contribution is 7.07. The van der Waals surface area contributed by atoms with E-state index in [1.807, 2.05) is 30.3 Å². The first-order valence-corrected chi connectivity index (χ1v) is 11.4. The number of hydrogen-bond acceptors (Lipinski definition) is 7. The van der Waals surface area contributed by atoms with E-state index in [0.717, 1.165) is 11.1 Å². The molecule has 2 heterocycles. The highest BCUT2D eigenvalue weighted by atomic mass is 32.1. The summed E-state index contributed by atoms with van der Waals surface area (Å²) in [4.78, 5) is 42.0. The topological polar surface area (TPSA) is 107 Å². The minimum atomic E-state index is -1.06. The SMILES string of the molecule is CCOC(=O)C1=C(C)N=c2sc(=Cc3ccc(OCC(=O)O)cc3)c(=O)n2[C@@H]1c1ccccc1. The average molecular weight is 479 g/mol. The number of ether oxygens (including phenoxy) is 2. The van der Waals surface area contributed by atoms with E-state index >= 15 is 0 Å². The molecule has 3 aromatic rings. The number of thiazole rings is 1. The molecule has 0 aliphatic carbocycles. The molecule has 174 valence electrons. The second-order valence-corrected chi connectivity index (χ2v) is 8.47. The van der Waals surface area contributed by atoms with Gasteiger partial charge in [0, 0.05) is 0 Å². The Kier molecular flexibility index (Phi) is 6.74. The number of esters is 1. The van der Waals surface area contributed by atoms with Crippen LogP contribution in [0.25, 0.3) is 6.08 Å². The van der Waals surface area contributed by atoms with E-state index in [4.69, 9.17) is 14.6 Å². The van der Waals surface area contributed by atoms with Gasteiger partial charge in [0.2, 0.25) is 0 Å². The van der Waals surface area contributed by atoms with E-state index in [1.54, 1.807) is 44.2 Å². The maximum Gasteiger partial charge on any atom is 0.341 e. The highest BCUT2D eigenvalue weighted by Gasteiger charge is 2.33. The lowest BCUT2D eigenvalue weighted by Crippen LogP contribution is -2.39. The number of fused-ring (bicyclic) bond motifs is 1. The van der Waals surface area contributed by atoms with Gasteiger partial charge < -0.3 is 14.6 Å². The van der Waals surface area contributed by atoms with Crippen molar-refractivity contribution in [2.75, 3.05) is 13.2 Å². The van der Waals surface area contributed by atoms with Crippen molar-refractivity contribution in [3.63, 3.8) is 0 Å². The van der Waals surface area contributed by atoms with Crippen molar-refractivity contribution in [2.45, 2.75) is 19.9 Å². The van der Waals surface area contributed by atoms with Gasteiger partial charge in [-0.25, -0.2) is 14.6 Å². The van der Waals surface area contributed by atoms with Gasteiger partial charge in [-0.1, -0.05) is 53.8 Å². The van der Waals surface area contributed by atoms with Crippen molar-refractivity contribution in [3.05, 3.63) is 96.7 Å². The van der Waals surface area contributed by atoms with E-state index in [2.05, 4.69) is 4.99 Å². The van der Waals surface area contributed by atoms with Crippen LogP contribution in [0, 0.1) is 0 Å². The number of rotatable bonds is 7. The third-order valence-electron chi connectivity index (χ3n) is 5.17. The lowest BCUT2D eigenvalue weighted by molar-refractivity contribution is -0.140. The first kappa shape index (κ1) is 23.2. The second kappa shape index (κ2) is 9.88. The zero-order chi connectivity index (χ0) is 24.2. The summed E-state index contributed by atoms with van der Waals surface area (Å²) < 4.78 is 12.4. The molecule has 0 fully saturated rings. The normalized spacial score (nSPS) is 15.5. The number of benzene rings is 2. The van der Waals surface area contributed by atoms with Gasteiger partial charge in [0.25, 0.3) is 5.56 Å². The molecule has 0 unspecified atom stereocenters. The van der Waals surface area contributed by atoms with Gasteiger partial charge in [-0.15, -0.1) is 0 Å². The maximum absolute atomic E-state index is 13.5. The van der Waals surface area contributed by atoms with E-state index in [1.165, 1.54) is 15.9 Å². The van der Waals surface area contributed by atoms with Crippen LogP contribution in [0.15, 0.2) is 75.7 Å². The lowest BCUT2D eigenvalue weighted by atomic mass is 9.96. The molecular weight excluding hydrogens is 456 g/mol. The number of carbonyl (C=O) groups is 2. The Labute approximate surface area is 198 Å². The van der Waals surface area contributed by atoms with Gasteiger partial charge in [-0.3, -0.25) is 9.36 Å². The van der Waals surface area contributed by atoms with Crippen LogP contribution in [0.3, 0.4) is 0 Å². The van der Waals surface area contributed by atoms with E-state index < -0.39 is 24.6 Å². The lowest BCUT2D eigenvalue weighted by Gasteiger charge is -2.24. The molecule has 4 rings (SSSR count). The number of carbonyl (C=O) groups excluding carboxylic acids is 1. The summed E-state index contributed by atoms with van der Waals surface area (Å²) in [5, 5.41) is 8.73. The Morgan fingerprint density at radius 2 is 1.85 bits per heavy atom. The molecule has 1 aliphatic heterocycles. The minimum absolute atomic E-state index is 0.216. The van der Waals surface area contributed by atoms with Crippen LogP contribution < -0.4 is 19.6 Å². The maximum atomic E-state index is 13.5. The molecule has 0 amide bonds. The molecule has 1 N–H and O–H groups in total. The molecule has 9 heteroatoms. The number of carboxylic acids is 1. The predicted octanol–water partition coefficient (Wildman–Crippen LogP) is 2.26. The third-order valence-corrected chi connectivity index (χ3v) is 6.16. The molecule has 0 saturated carbocycles. The van der Waals surface area contributed by atoms with E-state index in [-0.39, 0.29) is 12.2 Å². The van der Waals surface area contributed by atoms with Crippen molar-refractivity contribution in [2.24, 2.45) is 4.99 Å². The van der Waals surface area contributed by atoms with Crippen molar-refractivity contribution >= 4 is 29.4 Å². The molecule has 0 saturated heterocycles. The van der Waals surface area contributed by atoms with Crippen LogP contribution >= 0.6 is 11.3 Å². The number of hydrogen-bond donors (Lipinski definition) is 1. The molecule has 2 aromatic carbocycles. The standard InChI is InChI=1S/C25H22N2O6S/c1-3-32-24(31)21-15(2)26-25-27(22(21)17-7-5-4-6-8-17)23(30)19(34-25)13-16-9-11-18(12-10-16)33-14-20(28)29/h4-13,22H,3,14H2,1-2H3,(H,28,29)/t22-/m1/s1. The average Bonchev–Trinajstić information content (AvgIpc) is 3.12. The van der Waals surface area contributed by atoms with Gasteiger partial charge in [-0.05, 0) is 43.2 Å². The minimum Gasteiger partial charge on any atom is -0.482 e. The Balaban J connectivity index is 1.80. The molecule has 0 spiro atoms. The quantitative estimate of drug-likeness (QED) is 0.522. The Bertz CT molecular complexity index is 1440. The summed E-state index contributed by atoms with van der Waals surface area (Å²) in [6, 6.07) is 15.4. The molecule has 1 atom stereocenters. The van der Waals surface area contributed by atoms with Crippen molar-refractivity contribution in [1.29, 1.82) is 0 Å². The summed E-state index contributed by atoms with van der Waals surface area (Å²) >= 11 is 1.24. The molecular formula is C25H22N2O6S. The molecule has 1 aliphatic rings. The van der Waals surface area contributed by atoms with E-state index in [9.17, 15) is 14.4 Å². The van der Waals surface area contributed by atoms with Gasteiger partial charge in [-0.2, -0.15) is 0 Å². The van der Waals surface area contributed by atoms with E-state index in [0.29, 0.717) is 26.4 Å². The predicted molar refractivity (Wildman–Crippen MR) is 126 cm³/mol.